The fourth-order valence-electron chi connectivity index (χ4n) is 4.29. The summed E-state index contributed by atoms with van der Waals surface area (Å²) in [4.78, 5) is 13.9. The number of hydrogen-bond acceptors (Lipinski definition) is 4. The Morgan fingerprint density at radius 2 is 1.87 bits per heavy atom. The van der Waals surface area contributed by atoms with Crippen molar-refractivity contribution in [3.63, 3.8) is 0 Å². The second-order valence-electron chi connectivity index (χ2n) is 7.97. The van der Waals surface area contributed by atoms with E-state index in [1.807, 2.05) is 0 Å². The van der Waals surface area contributed by atoms with E-state index in [-0.39, 0.29) is 11.9 Å². The number of carbonyl (C=O) groups is 1. The molecule has 1 unspecified atom stereocenters. The van der Waals surface area contributed by atoms with Crippen LogP contribution in [0.3, 0.4) is 0 Å². The number of fused-ring (bicyclic) bond motifs is 1. The number of furan rings is 1. The molecule has 0 radical (unpaired) electrons. The number of ether oxygens (including phenoxy) is 2. The van der Waals surface area contributed by atoms with E-state index in [1.54, 1.807) is 26.4 Å². The van der Waals surface area contributed by atoms with E-state index in [1.165, 1.54) is 33.4 Å². The number of quaternary nitrogens is 1. The van der Waals surface area contributed by atoms with Gasteiger partial charge in [0.2, 0.25) is 0 Å². The lowest BCUT2D eigenvalue weighted by atomic mass is 9.91. The Labute approximate surface area is 182 Å². The highest BCUT2D eigenvalue weighted by Crippen LogP contribution is 2.34. The lowest BCUT2D eigenvalue weighted by Crippen LogP contribution is -3.12. The molecule has 2 heterocycles. The molecule has 4 rings (SSSR count). The molecule has 2 atom stereocenters. The van der Waals surface area contributed by atoms with E-state index >= 15 is 0 Å². The Kier molecular flexibility index (Phi) is 6.28. The molecule has 6 heteroatoms. The summed E-state index contributed by atoms with van der Waals surface area (Å²) in [5.41, 5.74) is 4.96. The summed E-state index contributed by atoms with van der Waals surface area (Å²) in [6.45, 7) is 4.45. The number of amides is 1. The van der Waals surface area contributed by atoms with Gasteiger partial charge in [0.15, 0.2) is 17.3 Å². The molecule has 0 saturated heterocycles. The molecule has 1 aliphatic heterocycles. The Morgan fingerprint density at radius 3 is 2.55 bits per heavy atom. The van der Waals surface area contributed by atoms with Crippen molar-refractivity contribution in [2.24, 2.45) is 0 Å². The number of carbonyl (C=O) groups excluding carboxylic acids is 1. The van der Waals surface area contributed by atoms with E-state index in [0.717, 1.165) is 25.3 Å². The number of nitrogens with one attached hydrogen (secondary N) is 2. The lowest BCUT2D eigenvalue weighted by Gasteiger charge is -2.35. The van der Waals surface area contributed by atoms with Crippen LogP contribution < -0.4 is 19.7 Å². The fraction of sp³-hybridized carbons (Fsp3) is 0.320. The first-order valence-electron chi connectivity index (χ1n) is 10.6. The number of benzene rings is 2. The van der Waals surface area contributed by atoms with Gasteiger partial charge in [-0.05, 0) is 36.8 Å². The highest BCUT2D eigenvalue weighted by Gasteiger charge is 2.33. The minimum Gasteiger partial charge on any atom is -0.493 e. The van der Waals surface area contributed by atoms with Crippen molar-refractivity contribution in [2.45, 2.75) is 25.9 Å². The monoisotopic (exact) mass is 421 g/mol. The summed E-state index contributed by atoms with van der Waals surface area (Å²) < 4.78 is 16.3. The molecule has 1 aliphatic rings. The predicted molar refractivity (Wildman–Crippen MR) is 118 cm³/mol. The Balaban J connectivity index is 1.63. The van der Waals surface area contributed by atoms with Gasteiger partial charge in [-0.1, -0.05) is 29.8 Å². The van der Waals surface area contributed by atoms with E-state index in [0.29, 0.717) is 18.1 Å². The molecule has 0 fully saturated rings. The van der Waals surface area contributed by atoms with Gasteiger partial charge < -0.3 is 24.1 Å². The summed E-state index contributed by atoms with van der Waals surface area (Å²) in [6, 6.07) is 16.3. The molecule has 0 bridgehead atoms. The van der Waals surface area contributed by atoms with Gasteiger partial charge in [-0.25, -0.2) is 0 Å². The molecular weight excluding hydrogens is 392 g/mol. The first-order valence-corrected chi connectivity index (χ1v) is 10.6. The molecule has 31 heavy (non-hydrogen) atoms. The van der Waals surface area contributed by atoms with Crippen molar-refractivity contribution < 1.29 is 23.6 Å². The summed E-state index contributed by atoms with van der Waals surface area (Å²) in [5.74, 6) is 1.57. The van der Waals surface area contributed by atoms with Crippen LogP contribution in [-0.2, 0) is 13.0 Å². The summed E-state index contributed by atoms with van der Waals surface area (Å²) in [7, 11) is 3.31. The number of rotatable bonds is 7. The van der Waals surface area contributed by atoms with Crippen LogP contribution in [-0.4, -0.2) is 33.2 Å². The fourth-order valence-corrected chi connectivity index (χ4v) is 4.29. The summed E-state index contributed by atoms with van der Waals surface area (Å²) in [5, 5.41) is 3.06. The zero-order valence-corrected chi connectivity index (χ0v) is 18.2. The van der Waals surface area contributed by atoms with Crippen molar-refractivity contribution in [3.8, 4) is 11.5 Å². The Bertz CT molecular complexity index is 1030. The first kappa shape index (κ1) is 21.0. The average Bonchev–Trinajstić information content (AvgIpc) is 3.33. The maximum Gasteiger partial charge on any atom is 0.287 e. The number of methoxy groups -OCH3 is 2. The highest BCUT2D eigenvalue weighted by atomic mass is 16.5. The largest absolute Gasteiger partial charge is 0.493 e. The zero-order chi connectivity index (χ0) is 21.8. The SMILES string of the molecule is COc1cc2c(cc1OC)[C@H](CNC(=O)c1ccco1)[NH+](Cc1ccc(C)cc1)CC2. The summed E-state index contributed by atoms with van der Waals surface area (Å²) >= 11 is 0. The second kappa shape index (κ2) is 9.27. The topological polar surface area (TPSA) is 65.1 Å². The van der Waals surface area contributed by atoms with E-state index < -0.39 is 0 Å². The van der Waals surface area contributed by atoms with Gasteiger partial charge >= 0.3 is 0 Å². The second-order valence-corrected chi connectivity index (χ2v) is 7.97. The van der Waals surface area contributed by atoms with Gasteiger partial charge in [-0.3, -0.25) is 4.79 Å². The lowest BCUT2D eigenvalue weighted by molar-refractivity contribution is -0.945. The maximum absolute atomic E-state index is 12.5. The predicted octanol–water partition coefficient (Wildman–Crippen LogP) is 2.72. The smallest absolute Gasteiger partial charge is 0.287 e. The third kappa shape index (κ3) is 4.59. The van der Waals surface area contributed by atoms with Crippen molar-refractivity contribution in [2.75, 3.05) is 27.3 Å². The third-order valence-corrected chi connectivity index (χ3v) is 5.99. The molecule has 1 amide bonds. The van der Waals surface area contributed by atoms with E-state index in [9.17, 15) is 4.79 Å². The van der Waals surface area contributed by atoms with Gasteiger partial charge in [-0.2, -0.15) is 0 Å². The molecule has 1 aromatic heterocycles. The summed E-state index contributed by atoms with van der Waals surface area (Å²) in [6.07, 6.45) is 2.45. The molecule has 162 valence electrons. The quantitative estimate of drug-likeness (QED) is 0.616. The van der Waals surface area contributed by atoms with Gasteiger partial charge in [-0.15, -0.1) is 0 Å². The third-order valence-electron chi connectivity index (χ3n) is 5.99. The van der Waals surface area contributed by atoms with Crippen LogP contribution in [0.5, 0.6) is 11.5 Å². The molecule has 2 aromatic carbocycles. The van der Waals surface area contributed by atoms with Crippen molar-refractivity contribution in [3.05, 3.63) is 82.8 Å². The van der Waals surface area contributed by atoms with Crippen LogP contribution >= 0.6 is 0 Å². The minimum atomic E-state index is -0.202. The van der Waals surface area contributed by atoms with Gasteiger partial charge in [0, 0.05) is 17.5 Å². The zero-order valence-electron chi connectivity index (χ0n) is 18.2. The number of aryl methyl sites for hydroxylation is 1. The number of hydrogen-bond donors (Lipinski definition) is 2. The van der Waals surface area contributed by atoms with Crippen LogP contribution in [0.2, 0.25) is 0 Å². The van der Waals surface area contributed by atoms with Gasteiger partial charge in [0.05, 0.1) is 33.6 Å². The Morgan fingerprint density at radius 1 is 1.13 bits per heavy atom. The molecule has 0 saturated carbocycles. The Hall–Kier alpha value is -3.25. The van der Waals surface area contributed by atoms with Crippen LogP contribution in [0.4, 0.5) is 0 Å². The van der Waals surface area contributed by atoms with Crippen molar-refractivity contribution in [1.82, 2.24) is 5.32 Å². The molecule has 3 aromatic rings. The highest BCUT2D eigenvalue weighted by molar-refractivity contribution is 5.91. The van der Waals surface area contributed by atoms with Crippen LogP contribution in [0.1, 0.15) is 38.9 Å². The van der Waals surface area contributed by atoms with Gasteiger partial charge in [0.25, 0.3) is 5.91 Å². The van der Waals surface area contributed by atoms with Crippen LogP contribution in [0.25, 0.3) is 0 Å². The van der Waals surface area contributed by atoms with Gasteiger partial charge in [0.1, 0.15) is 12.6 Å². The molecular formula is C25H29N2O4+. The van der Waals surface area contributed by atoms with Crippen molar-refractivity contribution in [1.29, 1.82) is 0 Å². The molecule has 0 aliphatic carbocycles. The standard InChI is InChI=1S/C25H28N2O4/c1-17-6-8-18(9-7-17)16-27-11-10-19-13-23(29-2)24(30-3)14-20(19)21(27)15-26-25(28)22-5-4-12-31-22/h4-9,12-14,21H,10-11,15-16H2,1-3H3,(H,26,28)/p+1/t21-/m0/s1. The molecule has 2 N–H and O–H groups in total. The normalized spacial score (nSPS) is 17.6. The minimum absolute atomic E-state index is 0.0868. The molecule has 6 nitrogen and oxygen atoms in total. The van der Waals surface area contributed by atoms with Crippen molar-refractivity contribution >= 4 is 5.91 Å². The average molecular weight is 422 g/mol. The maximum atomic E-state index is 12.5. The first-order chi connectivity index (χ1) is 15.1. The van der Waals surface area contributed by atoms with E-state index in [2.05, 4.69) is 48.6 Å². The molecule has 0 spiro atoms. The van der Waals surface area contributed by atoms with Crippen LogP contribution in [0.15, 0.2) is 59.2 Å². The van der Waals surface area contributed by atoms with E-state index in [4.69, 9.17) is 13.9 Å². The van der Waals surface area contributed by atoms with Crippen LogP contribution in [0, 0.1) is 6.92 Å².